The fraction of sp³-hybridized carbons (Fsp3) is 0.750. The van der Waals surface area contributed by atoms with Gasteiger partial charge in [0, 0.05) is 13.0 Å². The van der Waals surface area contributed by atoms with E-state index in [-0.39, 0.29) is 6.61 Å². The van der Waals surface area contributed by atoms with Crippen LogP contribution in [0.4, 0.5) is 0 Å². The van der Waals surface area contributed by atoms with Gasteiger partial charge in [-0.25, -0.2) is 0 Å². The molecule has 0 fully saturated rings. The van der Waals surface area contributed by atoms with E-state index in [4.69, 9.17) is 15.3 Å². The number of rotatable bonds is 6. The molecule has 0 saturated carbocycles. The van der Waals surface area contributed by atoms with Gasteiger partial charge in [-0.1, -0.05) is 6.42 Å². The molecular formula is C8H12N2O. The summed E-state index contributed by atoms with van der Waals surface area (Å²) in [6, 6.07) is 3.97. The van der Waals surface area contributed by atoms with Crippen molar-refractivity contribution in [2.75, 3.05) is 13.2 Å². The van der Waals surface area contributed by atoms with Crippen molar-refractivity contribution >= 4 is 0 Å². The molecule has 3 heteroatoms. The van der Waals surface area contributed by atoms with Crippen molar-refractivity contribution in [2.45, 2.75) is 25.7 Å². The van der Waals surface area contributed by atoms with Crippen molar-refractivity contribution in [1.29, 1.82) is 10.5 Å². The third kappa shape index (κ3) is 8.94. The Bertz CT molecular complexity index is 136. The standard InChI is InChI=1S/C8H12N2O/c9-5-3-1-2-4-7-11-8-6-10/h1-4,7-8H2. The highest BCUT2D eigenvalue weighted by Gasteiger charge is 1.88. The molecule has 0 radical (unpaired) electrons. The van der Waals surface area contributed by atoms with E-state index < -0.39 is 0 Å². The molecule has 11 heavy (non-hydrogen) atoms. The first kappa shape index (κ1) is 9.94. The van der Waals surface area contributed by atoms with Gasteiger partial charge in [0.2, 0.25) is 0 Å². The molecular weight excluding hydrogens is 140 g/mol. The molecule has 0 unspecified atom stereocenters. The molecule has 0 amide bonds. The second-order valence-corrected chi connectivity index (χ2v) is 2.18. The van der Waals surface area contributed by atoms with Crippen molar-refractivity contribution in [3.63, 3.8) is 0 Å². The van der Waals surface area contributed by atoms with Gasteiger partial charge in [0.15, 0.2) is 0 Å². The maximum absolute atomic E-state index is 8.18. The fourth-order valence-electron chi connectivity index (χ4n) is 0.703. The molecule has 0 heterocycles. The summed E-state index contributed by atoms with van der Waals surface area (Å²) in [6.45, 7) is 0.817. The second kappa shape index (κ2) is 8.94. The summed E-state index contributed by atoms with van der Waals surface area (Å²) in [7, 11) is 0. The lowest BCUT2D eigenvalue weighted by molar-refractivity contribution is 0.161. The van der Waals surface area contributed by atoms with Crippen LogP contribution in [0.15, 0.2) is 0 Å². The predicted octanol–water partition coefficient (Wildman–Crippen LogP) is 1.61. The highest BCUT2D eigenvalue weighted by Crippen LogP contribution is 1.98. The van der Waals surface area contributed by atoms with E-state index in [9.17, 15) is 0 Å². The van der Waals surface area contributed by atoms with E-state index in [0.717, 1.165) is 19.3 Å². The molecule has 0 aromatic rings. The number of nitriles is 2. The van der Waals surface area contributed by atoms with Crippen LogP contribution in [-0.2, 0) is 4.74 Å². The molecule has 0 atom stereocenters. The fourth-order valence-corrected chi connectivity index (χ4v) is 0.703. The van der Waals surface area contributed by atoms with Crippen LogP contribution >= 0.6 is 0 Å². The Balaban J connectivity index is 2.82. The molecule has 0 aromatic heterocycles. The van der Waals surface area contributed by atoms with Crippen molar-refractivity contribution in [2.24, 2.45) is 0 Å². The Morgan fingerprint density at radius 2 is 1.82 bits per heavy atom. The molecule has 3 nitrogen and oxygen atoms in total. The zero-order valence-corrected chi connectivity index (χ0v) is 6.55. The van der Waals surface area contributed by atoms with E-state index in [1.54, 1.807) is 0 Å². The molecule has 60 valence electrons. The van der Waals surface area contributed by atoms with E-state index in [0.29, 0.717) is 13.0 Å². The van der Waals surface area contributed by atoms with Gasteiger partial charge in [-0.2, -0.15) is 10.5 Å². The Labute approximate surface area is 67.2 Å². The highest BCUT2D eigenvalue weighted by atomic mass is 16.5. The Hall–Kier alpha value is -1.06. The normalized spacial score (nSPS) is 8.55. The van der Waals surface area contributed by atoms with E-state index >= 15 is 0 Å². The molecule has 0 rings (SSSR count). The van der Waals surface area contributed by atoms with Crippen LogP contribution < -0.4 is 0 Å². The summed E-state index contributed by atoms with van der Waals surface area (Å²) in [4.78, 5) is 0. The van der Waals surface area contributed by atoms with Gasteiger partial charge < -0.3 is 4.74 Å². The van der Waals surface area contributed by atoms with Gasteiger partial charge in [0.05, 0.1) is 12.1 Å². The quantitative estimate of drug-likeness (QED) is 0.543. The minimum atomic E-state index is 0.179. The Morgan fingerprint density at radius 3 is 2.45 bits per heavy atom. The Morgan fingerprint density at radius 1 is 1.00 bits per heavy atom. The molecule has 0 aromatic carbocycles. The number of hydrogen-bond donors (Lipinski definition) is 0. The summed E-state index contributed by atoms with van der Waals surface area (Å²) in [6.07, 6.45) is 3.52. The lowest BCUT2D eigenvalue weighted by Crippen LogP contribution is -1.93. The average Bonchev–Trinajstić information content (AvgIpc) is 2.03. The van der Waals surface area contributed by atoms with Crippen molar-refractivity contribution < 1.29 is 4.74 Å². The first-order chi connectivity index (χ1) is 5.41. The largest absolute Gasteiger partial charge is 0.367 e. The van der Waals surface area contributed by atoms with Gasteiger partial charge in [0.1, 0.15) is 6.61 Å². The smallest absolute Gasteiger partial charge is 0.133 e. The molecule has 0 aliphatic carbocycles. The lowest BCUT2D eigenvalue weighted by atomic mass is 10.2. The van der Waals surface area contributed by atoms with Crippen LogP contribution in [0.1, 0.15) is 25.7 Å². The van der Waals surface area contributed by atoms with Crippen LogP contribution in [0, 0.1) is 22.7 Å². The third-order valence-corrected chi connectivity index (χ3v) is 1.24. The van der Waals surface area contributed by atoms with E-state index in [1.807, 2.05) is 6.07 Å². The summed E-state index contributed by atoms with van der Waals surface area (Å²) in [5.41, 5.74) is 0. The lowest BCUT2D eigenvalue weighted by Gasteiger charge is -1.96. The van der Waals surface area contributed by atoms with Crippen LogP contribution in [0.2, 0.25) is 0 Å². The van der Waals surface area contributed by atoms with Crippen molar-refractivity contribution in [3.8, 4) is 12.1 Å². The van der Waals surface area contributed by atoms with Crippen molar-refractivity contribution in [1.82, 2.24) is 0 Å². The van der Waals surface area contributed by atoms with Gasteiger partial charge >= 0.3 is 0 Å². The van der Waals surface area contributed by atoms with Gasteiger partial charge in [-0.05, 0) is 12.8 Å². The predicted molar refractivity (Wildman–Crippen MR) is 40.5 cm³/mol. The maximum Gasteiger partial charge on any atom is 0.133 e. The topological polar surface area (TPSA) is 56.8 Å². The third-order valence-electron chi connectivity index (χ3n) is 1.24. The minimum Gasteiger partial charge on any atom is -0.367 e. The monoisotopic (exact) mass is 152 g/mol. The first-order valence-corrected chi connectivity index (χ1v) is 3.73. The van der Waals surface area contributed by atoms with Crippen LogP contribution in [0.3, 0.4) is 0 Å². The minimum absolute atomic E-state index is 0.179. The number of hydrogen-bond acceptors (Lipinski definition) is 3. The molecule has 0 aliphatic rings. The van der Waals surface area contributed by atoms with E-state index in [1.165, 1.54) is 0 Å². The first-order valence-electron chi connectivity index (χ1n) is 3.73. The summed E-state index contributed by atoms with van der Waals surface area (Å²) in [5, 5.41) is 16.3. The van der Waals surface area contributed by atoms with Crippen molar-refractivity contribution in [3.05, 3.63) is 0 Å². The molecule has 0 N–H and O–H groups in total. The molecule has 0 bridgehead atoms. The van der Waals surface area contributed by atoms with Crippen LogP contribution in [-0.4, -0.2) is 13.2 Å². The van der Waals surface area contributed by atoms with Crippen LogP contribution in [0.25, 0.3) is 0 Å². The number of nitrogens with zero attached hydrogens (tertiary/aromatic N) is 2. The van der Waals surface area contributed by atoms with Gasteiger partial charge in [-0.3, -0.25) is 0 Å². The molecule has 0 saturated heterocycles. The molecule has 0 spiro atoms. The summed E-state index contributed by atoms with van der Waals surface area (Å²) >= 11 is 0. The highest BCUT2D eigenvalue weighted by molar-refractivity contribution is 4.68. The Kier molecular flexibility index (Phi) is 8.08. The van der Waals surface area contributed by atoms with Gasteiger partial charge in [-0.15, -0.1) is 0 Å². The van der Waals surface area contributed by atoms with Gasteiger partial charge in [0.25, 0.3) is 0 Å². The summed E-state index contributed by atoms with van der Waals surface area (Å²) in [5.74, 6) is 0. The summed E-state index contributed by atoms with van der Waals surface area (Å²) < 4.78 is 4.92. The number of unbranched alkanes of at least 4 members (excludes halogenated alkanes) is 3. The van der Waals surface area contributed by atoms with Crippen LogP contribution in [0.5, 0.6) is 0 Å². The number of ether oxygens (including phenoxy) is 1. The SMILES string of the molecule is N#CCCCCCOCC#N. The zero-order valence-electron chi connectivity index (χ0n) is 6.55. The maximum atomic E-state index is 8.18. The van der Waals surface area contributed by atoms with E-state index in [2.05, 4.69) is 6.07 Å². The molecule has 0 aliphatic heterocycles. The average molecular weight is 152 g/mol. The second-order valence-electron chi connectivity index (χ2n) is 2.18. The zero-order chi connectivity index (χ0) is 8.36.